The van der Waals surface area contributed by atoms with Crippen LogP contribution in [0.1, 0.15) is 22.7 Å². The van der Waals surface area contributed by atoms with E-state index in [1.807, 2.05) is 66.7 Å². The number of nitrogens with one attached hydrogen (secondary N) is 2. The Balaban J connectivity index is 1.60. The lowest BCUT2D eigenvalue weighted by Crippen LogP contribution is -2.27. The first-order valence-electron chi connectivity index (χ1n) is 11.1. The van der Waals surface area contributed by atoms with E-state index < -0.39 is 6.04 Å². The van der Waals surface area contributed by atoms with Crippen LogP contribution in [0.4, 0.5) is 11.4 Å². The largest absolute Gasteiger partial charge is 0.493 e. The number of amides is 1. The Bertz CT molecular complexity index is 1300. The van der Waals surface area contributed by atoms with E-state index in [4.69, 9.17) is 14.7 Å². The molecule has 0 spiro atoms. The number of methoxy groups -OCH3 is 1. The summed E-state index contributed by atoms with van der Waals surface area (Å²) in [6, 6.07) is 32.9. The van der Waals surface area contributed by atoms with Gasteiger partial charge in [-0.05, 0) is 59.7 Å². The quantitative estimate of drug-likeness (QED) is 0.321. The third kappa shape index (κ3) is 6.18. The van der Waals surface area contributed by atoms with Crippen molar-refractivity contribution in [2.45, 2.75) is 12.6 Å². The Kier molecular flexibility index (Phi) is 7.62. The Morgan fingerprint density at radius 2 is 1.54 bits per heavy atom. The van der Waals surface area contributed by atoms with Gasteiger partial charge in [-0.15, -0.1) is 0 Å². The molecule has 0 aliphatic heterocycles. The SMILES string of the molecule is COc1cc(C(Nc2ccc(C#N)cc2)C(=O)Nc2ccccc2)ccc1OCc1ccccc1. The highest BCUT2D eigenvalue weighted by Gasteiger charge is 2.23. The van der Waals surface area contributed by atoms with Gasteiger partial charge in [0.05, 0.1) is 18.7 Å². The molecule has 4 aromatic rings. The molecular formula is C29H25N3O3. The Morgan fingerprint density at radius 1 is 0.857 bits per heavy atom. The second kappa shape index (κ2) is 11.4. The van der Waals surface area contributed by atoms with Crippen LogP contribution in [-0.4, -0.2) is 13.0 Å². The van der Waals surface area contributed by atoms with Crippen LogP contribution in [0, 0.1) is 11.3 Å². The Labute approximate surface area is 204 Å². The van der Waals surface area contributed by atoms with Crippen LogP contribution in [0.5, 0.6) is 11.5 Å². The highest BCUT2D eigenvalue weighted by atomic mass is 16.5. The standard InChI is InChI=1S/C29H25N3O3/c1-34-27-18-23(14-17-26(27)35-20-22-8-4-2-5-9-22)28(29(33)32-24-10-6-3-7-11-24)31-25-15-12-21(19-30)13-16-25/h2-18,28,31H,20H2,1H3,(H,32,33). The smallest absolute Gasteiger partial charge is 0.251 e. The number of nitrogens with zero attached hydrogens (tertiary/aromatic N) is 1. The summed E-state index contributed by atoms with van der Waals surface area (Å²) in [5.41, 5.74) is 3.69. The van der Waals surface area contributed by atoms with Crippen molar-refractivity contribution in [2.75, 3.05) is 17.7 Å². The average Bonchev–Trinajstić information content (AvgIpc) is 2.92. The summed E-state index contributed by atoms with van der Waals surface area (Å²) < 4.78 is 11.6. The lowest BCUT2D eigenvalue weighted by atomic mass is 10.0. The fourth-order valence-electron chi connectivity index (χ4n) is 3.56. The molecule has 0 aromatic heterocycles. The minimum atomic E-state index is -0.722. The van der Waals surface area contributed by atoms with Crippen molar-refractivity contribution in [1.29, 1.82) is 5.26 Å². The normalized spacial score (nSPS) is 11.1. The molecule has 0 bridgehead atoms. The van der Waals surface area contributed by atoms with E-state index in [-0.39, 0.29) is 5.91 Å². The van der Waals surface area contributed by atoms with Crippen LogP contribution in [0.15, 0.2) is 103 Å². The van der Waals surface area contributed by atoms with Crippen molar-refractivity contribution in [2.24, 2.45) is 0 Å². The maximum Gasteiger partial charge on any atom is 0.251 e. The van der Waals surface area contributed by atoms with Crippen molar-refractivity contribution in [3.63, 3.8) is 0 Å². The minimum Gasteiger partial charge on any atom is -0.493 e. The number of carbonyl (C=O) groups excluding carboxylic acids is 1. The first-order valence-corrected chi connectivity index (χ1v) is 11.1. The number of nitriles is 1. The highest BCUT2D eigenvalue weighted by molar-refractivity contribution is 5.97. The second-order valence-electron chi connectivity index (χ2n) is 7.81. The molecule has 0 saturated heterocycles. The molecule has 4 aromatic carbocycles. The van der Waals surface area contributed by atoms with Gasteiger partial charge < -0.3 is 20.1 Å². The van der Waals surface area contributed by atoms with E-state index >= 15 is 0 Å². The lowest BCUT2D eigenvalue weighted by molar-refractivity contribution is -0.117. The monoisotopic (exact) mass is 463 g/mol. The van der Waals surface area contributed by atoms with Crippen LogP contribution in [0.25, 0.3) is 0 Å². The zero-order valence-corrected chi connectivity index (χ0v) is 19.3. The van der Waals surface area contributed by atoms with Crippen LogP contribution >= 0.6 is 0 Å². The zero-order chi connectivity index (χ0) is 24.5. The number of hydrogen-bond donors (Lipinski definition) is 2. The number of carbonyl (C=O) groups is 1. The van der Waals surface area contributed by atoms with E-state index in [0.717, 1.165) is 5.56 Å². The van der Waals surface area contributed by atoms with Crippen molar-refractivity contribution < 1.29 is 14.3 Å². The second-order valence-corrected chi connectivity index (χ2v) is 7.81. The number of rotatable bonds is 9. The fourth-order valence-corrected chi connectivity index (χ4v) is 3.56. The third-order valence-electron chi connectivity index (χ3n) is 5.39. The predicted octanol–water partition coefficient (Wildman–Crippen LogP) is 5.94. The number of anilines is 2. The van der Waals surface area contributed by atoms with Crippen LogP contribution in [0.2, 0.25) is 0 Å². The summed E-state index contributed by atoms with van der Waals surface area (Å²) in [4.78, 5) is 13.3. The fraction of sp³-hybridized carbons (Fsp3) is 0.103. The van der Waals surface area contributed by atoms with Gasteiger partial charge in [0.1, 0.15) is 12.6 Å². The molecule has 1 atom stereocenters. The van der Waals surface area contributed by atoms with Gasteiger partial charge in [0.15, 0.2) is 11.5 Å². The first-order chi connectivity index (χ1) is 17.2. The van der Waals surface area contributed by atoms with E-state index in [9.17, 15) is 4.79 Å². The van der Waals surface area contributed by atoms with Crippen LogP contribution in [-0.2, 0) is 11.4 Å². The Hall–Kier alpha value is -4.76. The Morgan fingerprint density at radius 3 is 2.20 bits per heavy atom. The van der Waals surface area contributed by atoms with Crippen molar-refractivity contribution in [1.82, 2.24) is 0 Å². The van der Waals surface area contributed by atoms with E-state index in [2.05, 4.69) is 16.7 Å². The van der Waals surface area contributed by atoms with Crippen molar-refractivity contribution in [3.8, 4) is 17.6 Å². The number of benzene rings is 4. The van der Waals surface area contributed by atoms with Gasteiger partial charge in [0, 0.05) is 11.4 Å². The molecule has 1 amide bonds. The van der Waals surface area contributed by atoms with Gasteiger partial charge >= 0.3 is 0 Å². The maximum absolute atomic E-state index is 13.3. The molecule has 174 valence electrons. The third-order valence-corrected chi connectivity index (χ3v) is 5.39. The van der Waals surface area contributed by atoms with Crippen LogP contribution < -0.4 is 20.1 Å². The summed E-state index contributed by atoms with van der Waals surface area (Å²) in [6.45, 7) is 0.401. The molecular weight excluding hydrogens is 438 g/mol. The molecule has 4 rings (SSSR count). The molecule has 0 heterocycles. The molecule has 35 heavy (non-hydrogen) atoms. The maximum atomic E-state index is 13.3. The molecule has 0 fully saturated rings. The summed E-state index contributed by atoms with van der Waals surface area (Å²) in [7, 11) is 1.57. The van der Waals surface area contributed by atoms with Crippen molar-refractivity contribution in [3.05, 3.63) is 120 Å². The summed E-state index contributed by atoms with van der Waals surface area (Å²) in [5, 5.41) is 15.3. The zero-order valence-electron chi connectivity index (χ0n) is 19.3. The highest BCUT2D eigenvalue weighted by Crippen LogP contribution is 2.33. The molecule has 0 saturated carbocycles. The molecule has 0 aliphatic rings. The molecule has 1 unspecified atom stereocenters. The van der Waals surface area contributed by atoms with Gasteiger partial charge in [-0.25, -0.2) is 0 Å². The molecule has 6 heteroatoms. The van der Waals surface area contributed by atoms with Gasteiger partial charge in [-0.1, -0.05) is 54.6 Å². The van der Waals surface area contributed by atoms with Gasteiger partial charge in [-0.2, -0.15) is 5.26 Å². The van der Waals surface area contributed by atoms with Crippen LogP contribution in [0.3, 0.4) is 0 Å². The molecule has 2 N–H and O–H groups in total. The van der Waals surface area contributed by atoms with E-state index in [0.29, 0.717) is 40.6 Å². The van der Waals surface area contributed by atoms with Gasteiger partial charge in [0.2, 0.25) is 0 Å². The number of ether oxygens (including phenoxy) is 2. The average molecular weight is 464 g/mol. The van der Waals surface area contributed by atoms with E-state index in [1.54, 1.807) is 43.5 Å². The molecule has 0 radical (unpaired) electrons. The topological polar surface area (TPSA) is 83.4 Å². The summed E-state index contributed by atoms with van der Waals surface area (Å²) in [6.07, 6.45) is 0. The first kappa shape index (κ1) is 23.4. The number of hydrogen-bond acceptors (Lipinski definition) is 5. The number of para-hydroxylation sites is 1. The predicted molar refractivity (Wildman–Crippen MR) is 136 cm³/mol. The summed E-state index contributed by atoms with van der Waals surface area (Å²) in [5.74, 6) is 0.874. The van der Waals surface area contributed by atoms with Gasteiger partial charge in [0.25, 0.3) is 5.91 Å². The lowest BCUT2D eigenvalue weighted by Gasteiger charge is -2.21. The summed E-state index contributed by atoms with van der Waals surface area (Å²) >= 11 is 0. The molecule has 0 aliphatic carbocycles. The van der Waals surface area contributed by atoms with Crippen molar-refractivity contribution >= 4 is 17.3 Å². The minimum absolute atomic E-state index is 0.236. The molecule has 6 nitrogen and oxygen atoms in total. The van der Waals surface area contributed by atoms with Gasteiger partial charge in [-0.3, -0.25) is 4.79 Å². The van der Waals surface area contributed by atoms with E-state index in [1.165, 1.54) is 0 Å².